The SMILES string of the molecule is OCC1(NCc2ccc(-n3ccnc3)cc2)CC1. The highest BCUT2D eigenvalue weighted by atomic mass is 16.3. The second-order valence-electron chi connectivity index (χ2n) is 4.93. The zero-order valence-electron chi connectivity index (χ0n) is 10.2. The van der Waals surface area contributed by atoms with Gasteiger partial charge in [0.05, 0.1) is 12.9 Å². The number of nitrogens with one attached hydrogen (secondary N) is 1. The number of hydrogen-bond acceptors (Lipinski definition) is 3. The van der Waals surface area contributed by atoms with Gasteiger partial charge in [0.2, 0.25) is 0 Å². The molecule has 94 valence electrons. The molecule has 0 saturated heterocycles. The van der Waals surface area contributed by atoms with Gasteiger partial charge in [-0.05, 0) is 30.5 Å². The minimum Gasteiger partial charge on any atom is -0.394 e. The van der Waals surface area contributed by atoms with Crippen LogP contribution >= 0.6 is 0 Å². The zero-order valence-corrected chi connectivity index (χ0v) is 10.2. The number of benzene rings is 1. The predicted octanol–water partition coefficient (Wildman–Crippen LogP) is 1.49. The molecule has 1 fully saturated rings. The van der Waals surface area contributed by atoms with Crippen molar-refractivity contribution in [1.29, 1.82) is 0 Å². The van der Waals surface area contributed by atoms with E-state index in [4.69, 9.17) is 0 Å². The summed E-state index contributed by atoms with van der Waals surface area (Å²) in [5, 5.41) is 12.7. The highest BCUT2D eigenvalue weighted by molar-refractivity contribution is 5.34. The molecule has 2 N–H and O–H groups in total. The van der Waals surface area contributed by atoms with Gasteiger partial charge in [0.15, 0.2) is 0 Å². The standard InChI is InChI=1S/C14H17N3O/c18-10-14(5-6-14)16-9-12-1-3-13(4-2-12)17-8-7-15-11-17/h1-4,7-8,11,16,18H,5-6,9-10H2. The quantitative estimate of drug-likeness (QED) is 0.836. The fourth-order valence-electron chi connectivity index (χ4n) is 2.03. The van der Waals surface area contributed by atoms with E-state index in [1.807, 2.05) is 10.8 Å². The van der Waals surface area contributed by atoms with Crippen molar-refractivity contribution >= 4 is 0 Å². The number of aliphatic hydroxyl groups excluding tert-OH is 1. The lowest BCUT2D eigenvalue weighted by Gasteiger charge is -2.14. The number of aliphatic hydroxyl groups is 1. The first kappa shape index (κ1) is 11.4. The molecular formula is C14H17N3O. The van der Waals surface area contributed by atoms with E-state index in [2.05, 4.69) is 34.6 Å². The largest absolute Gasteiger partial charge is 0.394 e. The molecule has 2 aromatic rings. The molecule has 1 saturated carbocycles. The summed E-state index contributed by atoms with van der Waals surface area (Å²) < 4.78 is 1.98. The second-order valence-corrected chi connectivity index (χ2v) is 4.93. The van der Waals surface area contributed by atoms with E-state index in [9.17, 15) is 5.11 Å². The van der Waals surface area contributed by atoms with Crippen LogP contribution in [0, 0.1) is 0 Å². The van der Waals surface area contributed by atoms with Crippen LogP contribution in [0.4, 0.5) is 0 Å². The average Bonchev–Trinajstić information content (AvgIpc) is 3.00. The maximum Gasteiger partial charge on any atom is 0.0991 e. The molecule has 0 aliphatic heterocycles. The van der Waals surface area contributed by atoms with Crippen LogP contribution < -0.4 is 5.32 Å². The molecule has 4 heteroatoms. The first-order valence-electron chi connectivity index (χ1n) is 6.25. The normalized spacial score (nSPS) is 16.7. The molecule has 1 aliphatic carbocycles. The van der Waals surface area contributed by atoms with E-state index >= 15 is 0 Å². The van der Waals surface area contributed by atoms with Gasteiger partial charge in [-0.3, -0.25) is 0 Å². The maximum atomic E-state index is 9.23. The van der Waals surface area contributed by atoms with Gasteiger partial charge in [-0.15, -0.1) is 0 Å². The van der Waals surface area contributed by atoms with Crippen molar-refractivity contribution in [3.63, 3.8) is 0 Å². The summed E-state index contributed by atoms with van der Waals surface area (Å²) in [6.45, 7) is 1.05. The van der Waals surface area contributed by atoms with Crippen molar-refractivity contribution in [3.8, 4) is 5.69 Å². The van der Waals surface area contributed by atoms with Crippen LogP contribution in [0.25, 0.3) is 5.69 Å². The summed E-state index contributed by atoms with van der Waals surface area (Å²) in [4.78, 5) is 4.03. The van der Waals surface area contributed by atoms with Crippen LogP contribution in [0.3, 0.4) is 0 Å². The van der Waals surface area contributed by atoms with Crippen LogP contribution in [0.1, 0.15) is 18.4 Å². The average molecular weight is 243 g/mol. The summed E-state index contributed by atoms with van der Waals surface area (Å²) in [6, 6.07) is 8.37. The molecule has 0 bridgehead atoms. The molecule has 0 amide bonds. The Morgan fingerprint density at radius 3 is 2.61 bits per heavy atom. The Morgan fingerprint density at radius 1 is 1.28 bits per heavy atom. The zero-order chi connectivity index (χ0) is 12.4. The molecule has 0 radical (unpaired) electrons. The number of aromatic nitrogens is 2. The lowest BCUT2D eigenvalue weighted by Crippen LogP contribution is -2.34. The highest BCUT2D eigenvalue weighted by Crippen LogP contribution is 2.34. The molecule has 4 nitrogen and oxygen atoms in total. The summed E-state index contributed by atoms with van der Waals surface area (Å²) in [5.41, 5.74) is 2.35. The van der Waals surface area contributed by atoms with Crippen molar-refractivity contribution in [2.45, 2.75) is 24.9 Å². The highest BCUT2D eigenvalue weighted by Gasteiger charge is 2.41. The van der Waals surface area contributed by atoms with E-state index in [-0.39, 0.29) is 12.1 Å². The number of rotatable bonds is 5. The van der Waals surface area contributed by atoms with Crippen molar-refractivity contribution in [2.24, 2.45) is 0 Å². The van der Waals surface area contributed by atoms with E-state index < -0.39 is 0 Å². The maximum absolute atomic E-state index is 9.23. The second kappa shape index (κ2) is 4.55. The molecule has 18 heavy (non-hydrogen) atoms. The Labute approximate surface area is 106 Å². The summed E-state index contributed by atoms with van der Waals surface area (Å²) >= 11 is 0. The third-order valence-electron chi connectivity index (χ3n) is 3.56. The molecule has 0 unspecified atom stereocenters. The van der Waals surface area contributed by atoms with Crippen LogP contribution in [0.2, 0.25) is 0 Å². The topological polar surface area (TPSA) is 50.1 Å². The molecule has 1 aliphatic rings. The van der Waals surface area contributed by atoms with Gasteiger partial charge in [-0.25, -0.2) is 4.98 Å². The van der Waals surface area contributed by atoms with Gasteiger partial charge in [0.25, 0.3) is 0 Å². The fraction of sp³-hybridized carbons (Fsp3) is 0.357. The fourth-order valence-corrected chi connectivity index (χ4v) is 2.03. The van der Waals surface area contributed by atoms with E-state index in [1.54, 1.807) is 12.5 Å². The minimum atomic E-state index is 0.00300. The van der Waals surface area contributed by atoms with Crippen LogP contribution in [-0.2, 0) is 6.54 Å². The Kier molecular flexibility index (Phi) is 2.89. The molecular weight excluding hydrogens is 226 g/mol. The lowest BCUT2D eigenvalue weighted by atomic mass is 10.2. The number of imidazole rings is 1. The Hall–Kier alpha value is -1.65. The van der Waals surface area contributed by atoms with Crippen LogP contribution in [0.15, 0.2) is 43.0 Å². The first-order valence-corrected chi connectivity index (χ1v) is 6.25. The van der Waals surface area contributed by atoms with Gasteiger partial charge in [-0.1, -0.05) is 12.1 Å². The van der Waals surface area contributed by atoms with Gasteiger partial charge in [0.1, 0.15) is 0 Å². The lowest BCUT2D eigenvalue weighted by molar-refractivity contribution is 0.229. The van der Waals surface area contributed by atoms with E-state index in [0.29, 0.717) is 0 Å². The monoisotopic (exact) mass is 243 g/mol. The molecule has 1 heterocycles. The smallest absolute Gasteiger partial charge is 0.0991 e. The van der Waals surface area contributed by atoms with Gasteiger partial charge < -0.3 is 15.0 Å². The van der Waals surface area contributed by atoms with Crippen LogP contribution in [0.5, 0.6) is 0 Å². The molecule has 3 rings (SSSR count). The third kappa shape index (κ3) is 2.30. The molecule has 1 aromatic carbocycles. The Bertz CT molecular complexity index is 500. The summed E-state index contributed by atoms with van der Waals surface area (Å²) in [6.07, 6.45) is 7.65. The van der Waals surface area contributed by atoms with Gasteiger partial charge in [0, 0.05) is 30.2 Å². The Balaban J connectivity index is 1.64. The first-order chi connectivity index (χ1) is 8.81. The predicted molar refractivity (Wildman–Crippen MR) is 69.5 cm³/mol. The molecule has 0 atom stereocenters. The van der Waals surface area contributed by atoms with Gasteiger partial charge >= 0.3 is 0 Å². The number of hydrogen-bond donors (Lipinski definition) is 2. The summed E-state index contributed by atoms with van der Waals surface area (Å²) in [5.74, 6) is 0. The van der Waals surface area contributed by atoms with Gasteiger partial charge in [-0.2, -0.15) is 0 Å². The van der Waals surface area contributed by atoms with Crippen molar-refractivity contribution in [2.75, 3.05) is 6.61 Å². The minimum absolute atomic E-state index is 0.00300. The van der Waals surface area contributed by atoms with Crippen molar-refractivity contribution < 1.29 is 5.11 Å². The van der Waals surface area contributed by atoms with Crippen molar-refractivity contribution in [1.82, 2.24) is 14.9 Å². The molecule has 1 aromatic heterocycles. The molecule has 0 spiro atoms. The summed E-state index contributed by atoms with van der Waals surface area (Å²) in [7, 11) is 0. The van der Waals surface area contributed by atoms with Crippen molar-refractivity contribution in [3.05, 3.63) is 48.5 Å². The Morgan fingerprint density at radius 2 is 2.06 bits per heavy atom. The third-order valence-corrected chi connectivity index (χ3v) is 3.56. The van der Waals surface area contributed by atoms with E-state index in [0.717, 1.165) is 25.1 Å². The van der Waals surface area contributed by atoms with Crippen LogP contribution in [-0.4, -0.2) is 26.8 Å². The number of nitrogens with zero attached hydrogens (tertiary/aromatic N) is 2. The van der Waals surface area contributed by atoms with E-state index in [1.165, 1.54) is 5.56 Å².